The van der Waals surface area contributed by atoms with E-state index in [0.717, 1.165) is 6.29 Å². The van der Waals surface area contributed by atoms with Gasteiger partial charge in [-0.1, -0.05) is 0 Å². The number of carbonyl (C=O) groups is 2. The van der Waals surface area contributed by atoms with Crippen molar-refractivity contribution >= 4 is 12.4 Å². The van der Waals surface area contributed by atoms with E-state index in [1.165, 1.54) is 4.90 Å². The Hall–Kier alpha value is -1.57. The second kappa shape index (κ2) is 4.36. The number of amides is 1. The third-order valence-corrected chi connectivity index (χ3v) is 2.83. The first-order valence-electron chi connectivity index (χ1n) is 5.56. The highest BCUT2D eigenvalue weighted by Crippen LogP contribution is 2.34. The first kappa shape index (κ1) is 13.5. The average Bonchev–Trinajstić information content (AvgIpc) is 2.54. The van der Waals surface area contributed by atoms with Crippen molar-refractivity contribution in [1.82, 2.24) is 4.90 Å². The Morgan fingerprint density at radius 3 is 2.53 bits per heavy atom. The lowest BCUT2D eigenvalue weighted by atomic mass is 9.82. The van der Waals surface area contributed by atoms with Gasteiger partial charge in [0.25, 0.3) is 0 Å². The number of nitriles is 1. The molecule has 0 aromatic rings. The summed E-state index contributed by atoms with van der Waals surface area (Å²) < 4.78 is 5.21. The second-order valence-corrected chi connectivity index (χ2v) is 5.63. The molecule has 1 heterocycles. The summed E-state index contributed by atoms with van der Waals surface area (Å²) in [5, 5.41) is 9.07. The fraction of sp³-hybridized carbons (Fsp3) is 0.750. The normalized spacial score (nSPS) is 28.6. The highest BCUT2D eigenvalue weighted by Gasteiger charge is 2.46. The molecule has 17 heavy (non-hydrogen) atoms. The van der Waals surface area contributed by atoms with E-state index in [1.807, 2.05) is 0 Å². The van der Waals surface area contributed by atoms with Crippen LogP contribution < -0.4 is 0 Å². The number of hydrogen-bond acceptors (Lipinski definition) is 4. The Balaban J connectivity index is 2.75. The van der Waals surface area contributed by atoms with Crippen molar-refractivity contribution in [1.29, 1.82) is 5.26 Å². The van der Waals surface area contributed by atoms with E-state index in [-0.39, 0.29) is 13.1 Å². The molecular formula is C12H18N2O3. The summed E-state index contributed by atoms with van der Waals surface area (Å²) in [6.07, 6.45) is 0.274. The molecule has 0 bridgehead atoms. The molecule has 1 saturated heterocycles. The summed E-state index contributed by atoms with van der Waals surface area (Å²) in [6, 6.07) is 2.11. The largest absolute Gasteiger partial charge is 0.444 e. The SMILES string of the molecule is CC(C)(C)OC(=O)N1CC(C=O)C(C)(C#N)C1. The van der Waals surface area contributed by atoms with Crippen molar-refractivity contribution in [2.45, 2.75) is 33.3 Å². The molecule has 1 aliphatic heterocycles. The second-order valence-electron chi connectivity index (χ2n) is 5.63. The van der Waals surface area contributed by atoms with Crippen molar-refractivity contribution in [3.63, 3.8) is 0 Å². The number of nitrogens with zero attached hydrogens (tertiary/aromatic N) is 2. The fourth-order valence-corrected chi connectivity index (χ4v) is 1.79. The van der Waals surface area contributed by atoms with Crippen LogP contribution in [0.15, 0.2) is 0 Å². The lowest BCUT2D eigenvalue weighted by Crippen LogP contribution is -2.36. The van der Waals surface area contributed by atoms with Gasteiger partial charge in [-0.3, -0.25) is 0 Å². The van der Waals surface area contributed by atoms with Crippen LogP contribution >= 0.6 is 0 Å². The van der Waals surface area contributed by atoms with Gasteiger partial charge < -0.3 is 14.4 Å². The van der Waals surface area contributed by atoms with E-state index in [4.69, 9.17) is 10.00 Å². The molecule has 1 aliphatic rings. The third kappa shape index (κ3) is 2.96. The summed E-state index contributed by atoms with van der Waals surface area (Å²) in [7, 11) is 0. The number of hydrogen-bond donors (Lipinski definition) is 0. The molecule has 0 N–H and O–H groups in total. The summed E-state index contributed by atoms with van der Waals surface area (Å²) in [5.41, 5.74) is -1.38. The van der Waals surface area contributed by atoms with Crippen molar-refractivity contribution < 1.29 is 14.3 Å². The molecule has 94 valence electrons. The Kier molecular flexibility index (Phi) is 3.46. The van der Waals surface area contributed by atoms with E-state index in [1.54, 1.807) is 27.7 Å². The molecule has 0 aromatic carbocycles. The molecule has 0 saturated carbocycles. The summed E-state index contributed by atoms with van der Waals surface area (Å²) in [4.78, 5) is 24.1. The molecule has 2 unspecified atom stereocenters. The van der Waals surface area contributed by atoms with Crippen LogP contribution in [0.25, 0.3) is 0 Å². The first-order chi connectivity index (χ1) is 7.72. The van der Waals surface area contributed by atoms with E-state index in [2.05, 4.69) is 6.07 Å². The Bertz CT molecular complexity index is 367. The Morgan fingerprint density at radius 2 is 2.18 bits per heavy atom. The molecule has 2 atom stereocenters. The molecule has 5 heteroatoms. The predicted octanol–water partition coefficient (Wildman–Crippen LogP) is 1.58. The average molecular weight is 238 g/mol. The lowest BCUT2D eigenvalue weighted by Gasteiger charge is -2.24. The van der Waals surface area contributed by atoms with Crippen LogP contribution in [-0.4, -0.2) is 36.0 Å². The minimum atomic E-state index is -0.807. The fourth-order valence-electron chi connectivity index (χ4n) is 1.79. The highest BCUT2D eigenvalue weighted by molar-refractivity contribution is 5.71. The van der Waals surface area contributed by atoms with Gasteiger partial charge >= 0.3 is 6.09 Å². The van der Waals surface area contributed by atoms with E-state index >= 15 is 0 Å². The van der Waals surface area contributed by atoms with Gasteiger partial charge in [0.2, 0.25) is 0 Å². The molecule has 5 nitrogen and oxygen atoms in total. The minimum Gasteiger partial charge on any atom is -0.444 e. The third-order valence-electron chi connectivity index (χ3n) is 2.83. The standard InChI is InChI=1S/C12H18N2O3/c1-11(2,3)17-10(16)14-5-9(6-15)12(4,7-13)8-14/h6,9H,5,8H2,1-4H3. The summed E-state index contributed by atoms with van der Waals surface area (Å²) in [6.45, 7) is 7.52. The molecule has 1 fully saturated rings. The minimum absolute atomic E-state index is 0.238. The molecule has 0 spiro atoms. The van der Waals surface area contributed by atoms with Crippen LogP contribution in [0.5, 0.6) is 0 Å². The van der Waals surface area contributed by atoms with Crippen LogP contribution in [0.1, 0.15) is 27.7 Å². The maximum atomic E-state index is 11.8. The van der Waals surface area contributed by atoms with Crippen molar-refractivity contribution in [3.05, 3.63) is 0 Å². The highest BCUT2D eigenvalue weighted by atomic mass is 16.6. The zero-order chi connectivity index (χ0) is 13.3. The van der Waals surface area contributed by atoms with E-state index in [9.17, 15) is 9.59 Å². The number of rotatable bonds is 1. The van der Waals surface area contributed by atoms with Crippen LogP contribution in [-0.2, 0) is 9.53 Å². The molecule has 0 aliphatic carbocycles. The zero-order valence-corrected chi connectivity index (χ0v) is 10.7. The number of likely N-dealkylation sites (tertiary alicyclic amines) is 1. The number of carbonyl (C=O) groups excluding carboxylic acids is 2. The van der Waals surface area contributed by atoms with Gasteiger partial charge in [0.1, 0.15) is 11.9 Å². The van der Waals surface area contributed by atoms with Gasteiger partial charge in [0, 0.05) is 13.1 Å². The maximum Gasteiger partial charge on any atom is 0.410 e. The molecular weight excluding hydrogens is 220 g/mol. The summed E-state index contributed by atoms with van der Waals surface area (Å²) in [5.74, 6) is -0.444. The molecule has 0 aromatic heterocycles. The van der Waals surface area contributed by atoms with Gasteiger partial charge in [-0.05, 0) is 27.7 Å². The van der Waals surface area contributed by atoms with Gasteiger partial charge in [-0.15, -0.1) is 0 Å². The van der Waals surface area contributed by atoms with Crippen LogP contribution in [0.3, 0.4) is 0 Å². The van der Waals surface area contributed by atoms with Crippen molar-refractivity contribution in [2.75, 3.05) is 13.1 Å². The van der Waals surface area contributed by atoms with Gasteiger partial charge in [-0.2, -0.15) is 5.26 Å². The van der Waals surface area contributed by atoms with Crippen LogP contribution in [0.2, 0.25) is 0 Å². The molecule has 1 amide bonds. The predicted molar refractivity (Wildman–Crippen MR) is 61.1 cm³/mol. The van der Waals surface area contributed by atoms with E-state index in [0.29, 0.717) is 0 Å². The number of aldehydes is 1. The topological polar surface area (TPSA) is 70.4 Å². The van der Waals surface area contributed by atoms with Gasteiger partial charge in [-0.25, -0.2) is 4.79 Å². The van der Waals surface area contributed by atoms with Gasteiger partial charge in [0.05, 0.1) is 17.4 Å². The van der Waals surface area contributed by atoms with Crippen LogP contribution in [0.4, 0.5) is 4.79 Å². The lowest BCUT2D eigenvalue weighted by molar-refractivity contribution is -0.112. The monoisotopic (exact) mass is 238 g/mol. The molecule has 0 radical (unpaired) electrons. The Labute approximate surface area is 101 Å². The summed E-state index contributed by atoms with van der Waals surface area (Å²) >= 11 is 0. The Morgan fingerprint density at radius 1 is 1.59 bits per heavy atom. The van der Waals surface area contributed by atoms with Gasteiger partial charge in [0.15, 0.2) is 0 Å². The quantitative estimate of drug-likeness (QED) is 0.650. The van der Waals surface area contributed by atoms with Crippen molar-refractivity contribution in [2.24, 2.45) is 11.3 Å². The number of ether oxygens (including phenoxy) is 1. The van der Waals surface area contributed by atoms with Crippen LogP contribution in [0, 0.1) is 22.7 Å². The first-order valence-corrected chi connectivity index (χ1v) is 5.56. The smallest absolute Gasteiger partial charge is 0.410 e. The maximum absolute atomic E-state index is 11.8. The molecule has 1 rings (SSSR count). The van der Waals surface area contributed by atoms with E-state index < -0.39 is 23.0 Å². The van der Waals surface area contributed by atoms with Crippen molar-refractivity contribution in [3.8, 4) is 6.07 Å². The zero-order valence-electron chi connectivity index (χ0n) is 10.7.